The Balaban J connectivity index is 1.82. The SMILES string of the molecule is CCc1cccc(C(C)C)c1/N=C/c1nc(-c2ccccc2)oc1-c1ccccc1. The Hall–Kier alpha value is -3.46. The molecule has 1 heterocycles. The number of para-hydroxylation sites is 1. The van der Waals surface area contributed by atoms with E-state index in [1.165, 1.54) is 11.1 Å². The van der Waals surface area contributed by atoms with Crippen molar-refractivity contribution >= 4 is 11.9 Å². The summed E-state index contributed by atoms with van der Waals surface area (Å²) in [6.07, 6.45) is 2.78. The lowest BCUT2D eigenvalue weighted by Gasteiger charge is -2.12. The van der Waals surface area contributed by atoms with Crippen LogP contribution in [0.25, 0.3) is 22.8 Å². The fraction of sp³-hybridized carbons (Fsp3) is 0.185. The number of rotatable bonds is 6. The Morgan fingerprint density at radius 1 is 0.867 bits per heavy atom. The van der Waals surface area contributed by atoms with Crippen molar-refractivity contribution < 1.29 is 4.42 Å². The fourth-order valence-corrected chi connectivity index (χ4v) is 3.57. The average Bonchev–Trinajstić information content (AvgIpc) is 3.23. The molecule has 1 aromatic heterocycles. The van der Waals surface area contributed by atoms with E-state index in [2.05, 4.69) is 39.0 Å². The fourth-order valence-electron chi connectivity index (χ4n) is 3.57. The van der Waals surface area contributed by atoms with Crippen LogP contribution in [0.4, 0.5) is 5.69 Å². The highest BCUT2D eigenvalue weighted by Crippen LogP contribution is 2.33. The first kappa shape index (κ1) is 19.8. The third kappa shape index (κ3) is 4.11. The van der Waals surface area contributed by atoms with Gasteiger partial charge in [0.05, 0.1) is 11.9 Å². The van der Waals surface area contributed by atoms with E-state index >= 15 is 0 Å². The lowest BCUT2D eigenvalue weighted by molar-refractivity contribution is 0.588. The van der Waals surface area contributed by atoms with Gasteiger partial charge in [-0.1, -0.05) is 87.5 Å². The molecule has 0 amide bonds. The van der Waals surface area contributed by atoms with Crippen molar-refractivity contribution in [3.63, 3.8) is 0 Å². The van der Waals surface area contributed by atoms with Crippen molar-refractivity contribution in [3.8, 4) is 22.8 Å². The van der Waals surface area contributed by atoms with Gasteiger partial charge in [0.1, 0.15) is 5.69 Å². The predicted octanol–water partition coefficient (Wildman–Crippen LogP) is 7.45. The molecule has 3 heteroatoms. The first-order valence-corrected chi connectivity index (χ1v) is 10.4. The van der Waals surface area contributed by atoms with Gasteiger partial charge >= 0.3 is 0 Å². The van der Waals surface area contributed by atoms with Gasteiger partial charge < -0.3 is 4.42 Å². The molecule has 150 valence electrons. The van der Waals surface area contributed by atoms with Crippen LogP contribution < -0.4 is 0 Å². The van der Waals surface area contributed by atoms with E-state index in [-0.39, 0.29) is 0 Å². The van der Waals surface area contributed by atoms with Gasteiger partial charge in [0.25, 0.3) is 0 Å². The molecule has 4 aromatic rings. The van der Waals surface area contributed by atoms with Crippen LogP contribution in [-0.4, -0.2) is 11.2 Å². The number of aryl methyl sites for hydroxylation is 1. The Morgan fingerprint density at radius 2 is 1.53 bits per heavy atom. The van der Waals surface area contributed by atoms with Crippen molar-refractivity contribution in [2.24, 2.45) is 4.99 Å². The van der Waals surface area contributed by atoms with Crippen LogP contribution in [0.2, 0.25) is 0 Å². The van der Waals surface area contributed by atoms with E-state index in [0.29, 0.717) is 11.8 Å². The molecule has 0 aliphatic heterocycles. The van der Waals surface area contributed by atoms with Gasteiger partial charge in [0, 0.05) is 11.1 Å². The van der Waals surface area contributed by atoms with Gasteiger partial charge in [-0.15, -0.1) is 0 Å². The van der Waals surface area contributed by atoms with E-state index < -0.39 is 0 Å². The summed E-state index contributed by atoms with van der Waals surface area (Å²) >= 11 is 0. The number of benzene rings is 3. The monoisotopic (exact) mass is 394 g/mol. The summed E-state index contributed by atoms with van der Waals surface area (Å²) in [6.45, 7) is 6.57. The maximum atomic E-state index is 6.21. The topological polar surface area (TPSA) is 38.4 Å². The number of hydrogen-bond acceptors (Lipinski definition) is 3. The molecule has 4 rings (SSSR count). The summed E-state index contributed by atoms with van der Waals surface area (Å²) in [4.78, 5) is 9.70. The number of oxazole rings is 1. The standard InChI is InChI=1S/C27H26N2O/c1-4-20-16-11-17-23(19(2)3)25(20)28-18-24-26(21-12-7-5-8-13-21)30-27(29-24)22-14-9-6-10-15-22/h5-19H,4H2,1-3H3/b28-18+. The molecule has 0 spiro atoms. The Bertz CT molecular complexity index is 1140. The lowest BCUT2D eigenvalue weighted by atomic mass is 9.97. The molecule has 0 saturated carbocycles. The summed E-state index contributed by atoms with van der Waals surface area (Å²) in [5.74, 6) is 1.73. The largest absolute Gasteiger partial charge is 0.435 e. The van der Waals surface area contributed by atoms with Gasteiger partial charge in [0.15, 0.2) is 5.76 Å². The normalized spacial score (nSPS) is 11.5. The van der Waals surface area contributed by atoms with E-state index in [1.54, 1.807) is 0 Å². The minimum atomic E-state index is 0.398. The Morgan fingerprint density at radius 3 is 2.17 bits per heavy atom. The lowest BCUT2D eigenvalue weighted by Crippen LogP contribution is -1.94. The molecule has 0 unspecified atom stereocenters. The zero-order chi connectivity index (χ0) is 20.9. The molecule has 0 aliphatic rings. The molecule has 0 saturated heterocycles. The molecule has 0 aliphatic carbocycles. The van der Waals surface area contributed by atoms with Crippen molar-refractivity contribution in [1.82, 2.24) is 4.98 Å². The molecule has 30 heavy (non-hydrogen) atoms. The summed E-state index contributed by atoms with van der Waals surface area (Å²) < 4.78 is 6.21. The van der Waals surface area contributed by atoms with Gasteiger partial charge in [0.2, 0.25) is 5.89 Å². The second kappa shape index (κ2) is 8.91. The van der Waals surface area contributed by atoms with Crippen LogP contribution >= 0.6 is 0 Å². The van der Waals surface area contributed by atoms with Crippen molar-refractivity contribution in [1.29, 1.82) is 0 Å². The van der Waals surface area contributed by atoms with Crippen LogP contribution in [0, 0.1) is 0 Å². The molecule has 0 radical (unpaired) electrons. The number of aliphatic imine (C=N–C) groups is 1. The highest BCUT2D eigenvalue weighted by atomic mass is 16.4. The van der Waals surface area contributed by atoms with Gasteiger partial charge in [-0.2, -0.15) is 0 Å². The van der Waals surface area contributed by atoms with Crippen LogP contribution in [0.3, 0.4) is 0 Å². The first-order chi connectivity index (χ1) is 14.7. The number of hydrogen-bond donors (Lipinski definition) is 0. The van der Waals surface area contributed by atoms with E-state index in [4.69, 9.17) is 14.4 Å². The maximum absolute atomic E-state index is 6.21. The Kier molecular flexibility index (Phi) is 5.89. The molecule has 0 atom stereocenters. The number of aromatic nitrogens is 1. The summed E-state index contributed by atoms with van der Waals surface area (Å²) in [6, 6.07) is 26.5. The van der Waals surface area contributed by atoms with E-state index in [0.717, 1.165) is 34.7 Å². The van der Waals surface area contributed by atoms with Gasteiger partial charge in [-0.05, 0) is 35.6 Å². The number of nitrogens with zero attached hydrogens (tertiary/aromatic N) is 2. The van der Waals surface area contributed by atoms with E-state index in [1.807, 2.05) is 66.9 Å². The predicted molar refractivity (Wildman–Crippen MR) is 125 cm³/mol. The first-order valence-electron chi connectivity index (χ1n) is 10.4. The smallest absolute Gasteiger partial charge is 0.227 e. The molecule has 3 nitrogen and oxygen atoms in total. The third-order valence-electron chi connectivity index (χ3n) is 5.18. The molecular weight excluding hydrogens is 368 g/mol. The minimum absolute atomic E-state index is 0.398. The quantitative estimate of drug-likeness (QED) is 0.319. The molecule has 0 bridgehead atoms. The van der Waals surface area contributed by atoms with Crippen LogP contribution in [0.5, 0.6) is 0 Å². The minimum Gasteiger partial charge on any atom is -0.435 e. The van der Waals surface area contributed by atoms with Gasteiger partial charge in [-0.3, -0.25) is 4.99 Å². The molecular formula is C27H26N2O. The summed E-state index contributed by atoms with van der Waals surface area (Å²) in [5.41, 5.74) is 6.20. The molecule has 0 fully saturated rings. The average molecular weight is 395 g/mol. The summed E-state index contributed by atoms with van der Waals surface area (Å²) in [5, 5.41) is 0. The van der Waals surface area contributed by atoms with Crippen molar-refractivity contribution in [2.75, 3.05) is 0 Å². The van der Waals surface area contributed by atoms with Crippen LogP contribution in [0.15, 0.2) is 88.3 Å². The van der Waals surface area contributed by atoms with Crippen LogP contribution in [-0.2, 0) is 6.42 Å². The molecule has 3 aromatic carbocycles. The second-order valence-electron chi connectivity index (χ2n) is 7.59. The van der Waals surface area contributed by atoms with Crippen molar-refractivity contribution in [2.45, 2.75) is 33.1 Å². The second-order valence-corrected chi connectivity index (χ2v) is 7.59. The third-order valence-corrected chi connectivity index (χ3v) is 5.18. The Labute approximate surface area is 178 Å². The zero-order valence-electron chi connectivity index (χ0n) is 17.7. The van der Waals surface area contributed by atoms with Crippen LogP contribution in [0.1, 0.15) is 43.5 Å². The maximum Gasteiger partial charge on any atom is 0.227 e. The molecule has 0 N–H and O–H groups in total. The zero-order valence-corrected chi connectivity index (χ0v) is 17.7. The summed E-state index contributed by atoms with van der Waals surface area (Å²) in [7, 11) is 0. The van der Waals surface area contributed by atoms with Crippen molar-refractivity contribution in [3.05, 3.63) is 95.7 Å². The highest BCUT2D eigenvalue weighted by molar-refractivity contribution is 5.89. The highest BCUT2D eigenvalue weighted by Gasteiger charge is 2.16. The van der Waals surface area contributed by atoms with E-state index in [9.17, 15) is 0 Å². The van der Waals surface area contributed by atoms with Gasteiger partial charge in [-0.25, -0.2) is 4.98 Å².